The molecule has 3 rings (SSSR count). The van der Waals surface area contributed by atoms with Gasteiger partial charge in [-0.1, -0.05) is 53.5 Å². The maximum absolute atomic E-state index is 6.04. The molecule has 3 saturated carbocycles. The Morgan fingerprint density at radius 1 is 0.704 bits per heavy atom. The topological polar surface area (TPSA) is 9.23 Å². The van der Waals surface area contributed by atoms with E-state index >= 15 is 0 Å². The van der Waals surface area contributed by atoms with Crippen LogP contribution in [-0.4, -0.2) is 12.7 Å². The predicted molar refractivity (Wildman–Crippen MR) is 119 cm³/mol. The Hall–Kier alpha value is -0.300. The van der Waals surface area contributed by atoms with E-state index < -0.39 is 0 Å². The molecule has 0 aliphatic heterocycles. The largest absolute Gasteiger partial charge is 0.374 e. The third-order valence-electron chi connectivity index (χ3n) is 8.45. The molecule has 0 saturated heterocycles. The third kappa shape index (κ3) is 6.09. The zero-order chi connectivity index (χ0) is 19.8. The molecule has 0 aromatic heterocycles. The molecule has 0 N–H and O–H groups in total. The van der Waals surface area contributed by atoms with Gasteiger partial charge in [-0.25, -0.2) is 0 Å². The minimum atomic E-state index is 0.463. The summed E-state index contributed by atoms with van der Waals surface area (Å²) in [7, 11) is 0. The Morgan fingerprint density at radius 2 is 1.22 bits per heavy atom. The van der Waals surface area contributed by atoms with Crippen LogP contribution in [0.5, 0.6) is 0 Å². The molecule has 27 heavy (non-hydrogen) atoms. The molecule has 3 aliphatic carbocycles. The van der Waals surface area contributed by atoms with Crippen LogP contribution < -0.4 is 0 Å². The van der Waals surface area contributed by atoms with Gasteiger partial charge < -0.3 is 4.74 Å². The van der Waals surface area contributed by atoms with E-state index in [4.69, 9.17) is 4.74 Å². The second-order valence-corrected chi connectivity index (χ2v) is 9.81. The first-order chi connectivity index (χ1) is 13.1. The quantitative estimate of drug-likeness (QED) is 0.443. The van der Waals surface area contributed by atoms with Crippen LogP contribution in [0.2, 0.25) is 0 Å². The van der Waals surface area contributed by atoms with Crippen molar-refractivity contribution in [3.8, 4) is 0 Å². The molecule has 3 aliphatic rings. The highest BCUT2D eigenvalue weighted by molar-refractivity contribution is 4.90. The molecule has 0 heterocycles. The first kappa shape index (κ1) is 23.0. The Labute approximate surface area is 170 Å². The highest BCUT2D eigenvalue weighted by Gasteiger charge is 2.40. The molecular formula is C26H48O. The van der Waals surface area contributed by atoms with E-state index in [0.29, 0.717) is 12.0 Å². The number of rotatable bonds is 5. The number of hydrogen-bond acceptors (Lipinski definition) is 1. The lowest BCUT2D eigenvalue weighted by molar-refractivity contribution is -0.0472. The van der Waals surface area contributed by atoms with Crippen LogP contribution in [-0.2, 0) is 4.74 Å². The maximum Gasteiger partial charge on any atom is 0.0648 e. The fourth-order valence-electron chi connectivity index (χ4n) is 6.50. The van der Waals surface area contributed by atoms with Crippen LogP contribution in [0.25, 0.3) is 0 Å². The maximum atomic E-state index is 6.04. The molecule has 0 aromatic rings. The molecule has 158 valence electrons. The van der Waals surface area contributed by atoms with Crippen molar-refractivity contribution in [2.75, 3.05) is 6.61 Å². The van der Waals surface area contributed by atoms with Crippen LogP contribution in [0, 0.1) is 41.4 Å². The summed E-state index contributed by atoms with van der Waals surface area (Å²) in [5.74, 6) is 6.59. The van der Waals surface area contributed by atoms with Crippen molar-refractivity contribution >= 4 is 0 Å². The molecule has 0 amide bonds. The second kappa shape index (κ2) is 11.6. The van der Waals surface area contributed by atoms with Crippen molar-refractivity contribution in [1.82, 2.24) is 0 Å². The van der Waals surface area contributed by atoms with Crippen LogP contribution in [0.4, 0.5) is 0 Å². The van der Waals surface area contributed by atoms with Crippen LogP contribution in [0.15, 0.2) is 12.7 Å². The first-order valence-corrected chi connectivity index (χ1v) is 12.3. The Kier molecular flexibility index (Phi) is 9.91. The average Bonchev–Trinajstić information content (AvgIpc) is 2.71. The second-order valence-electron chi connectivity index (χ2n) is 9.81. The van der Waals surface area contributed by atoms with Gasteiger partial charge in [-0.3, -0.25) is 0 Å². The molecule has 4 atom stereocenters. The van der Waals surface area contributed by atoms with Gasteiger partial charge in [0.05, 0.1) is 12.7 Å². The van der Waals surface area contributed by atoms with E-state index in [1.807, 2.05) is 19.9 Å². The summed E-state index contributed by atoms with van der Waals surface area (Å²) >= 11 is 0. The van der Waals surface area contributed by atoms with Gasteiger partial charge in [-0.15, -0.1) is 6.58 Å². The summed E-state index contributed by atoms with van der Waals surface area (Å²) in [5, 5.41) is 0. The zero-order valence-corrected chi connectivity index (χ0v) is 19.1. The Morgan fingerprint density at radius 3 is 1.78 bits per heavy atom. The normalized spacial score (nSPS) is 42.7. The third-order valence-corrected chi connectivity index (χ3v) is 8.45. The number of ether oxygens (including phenoxy) is 1. The predicted octanol–water partition coefficient (Wildman–Crippen LogP) is 7.90. The van der Waals surface area contributed by atoms with Crippen LogP contribution >= 0.6 is 0 Å². The molecule has 4 unspecified atom stereocenters. The van der Waals surface area contributed by atoms with Gasteiger partial charge in [0.15, 0.2) is 0 Å². The van der Waals surface area contributed by atoms with Gasteiger partial charge >= 0.3 is 0 Å². The Bertz CT molecular complexity index is 400. The van der Waals surface area contributed by atoms with Gasteiger partial charge in [0.2, 0.25) is 0 Å². The van der Waals surface area contributed by atoms with Crippen LogP contribution in [0.3, 0.4) is 0 Å². The minimum absolute atomic E-state index is 0.463. The van der Waals surface area contributed by atoms with Crippen molar-refractivity contribution in [2.24, 2.45) is 41.4 Å². The fraction of sp³-hybridized carbons (Fsp3) is 0.923. The summed E-state index contributed by atoms with van der Waals surface area (Å²) in [4.78, 5) is 0. The van der Waals surface area contributed by atoms with Gasteiger partial charge in [0.1, 0.15) is 0 Å². The molecule has 1 nitrogen and oxygen atoms in total. The van der Waals surface area contributed by atoms with E-state index in [9.17, 15) is 0 Å². The zero-order valence-electron chi connectivity index (χ0n) is 19.1. The minimum Gasteiger partial charge on any atom is -0.374 e. The Balaban J connectivity index is 0.00000126. The van der Waals surface area contributed by atoms with Gasteiger partial charge in [0, 0.05) is 0 Å². The van der Waals surface area contributed by atoms with E-state index in [-0.39, 0.29) is 0 Å². The van der Waals surface area contributed by atoms with Gasteiger partial charge in [0.25, 0.3) is 0 Å². The van der Waals surface area contributed by atoms with Gasteiger partial charge in [-0.2, -0.15) is 0 Å². The van der Waals surface area contributed by atoms with Crippen molar-refractivity contribution in [1.29, 1.82) is 0 Å². The summed E-state index contributed by atoms with van der Waals surface area (Å²) in [6, 6.07) is 0. The lowest BCUT2D eigenvalue weighted by Crippen LogP contribution is -2.40. The fourth-order valence-corrected chi connectivity index (χ4v) is 6.50. The van der Waals surface area contributed by atoms with Crippen molar-refractivity contribution < 1.29 is 4.74 Å². The highest BCUT2D eigenvalue weighted by atomic mass is 16.5. The first-order valence-electron chi connectivity index (χ1n) is 12.3. The standard InChI is InChI=1S/C24H42O.C2H6/c1-5-16-25-24-15-14-23(18(3)19(24)4)22-12-10-21(11-13-22)20-8-6-17(2)7-9-20;1-2/h5,17-24H,1,6-16H2,2-4H3;1-2H3. The molecule has 0 spiro atoms. The smallest absolute Gasteiger partial charge is 0.0648 e. The summed E-state index contributed by atoms with van der Waals surface area (Å²) in [5.41, 5.74) is 0. The van der Waals surface area contributed by atoms with E-state index in [1.54, 1.807) is 0 Å². The van der Waals surface area contributed by atoms with Crippen LogP contribution in [0.1, 0.15) is 98.8 Å². The molecule has 0 bridgehead atoms. The van der Waals surface area contributed by atoms with Crippen molar-refractivity contribution in [3.63, 3.8) is 0 Å². The summed E-state index contributed by atoms with van der Waals surface area (Å²) in [6.45, 7) is 15.9. The number of hydrogen-bond donors (Lipinski definition) is 0. The van der Waals surface area contributed by atoms with Gasteiger partial charge in [-0.05, 0) is 92.8 Å². The monoisotopic (exact) mass is 376 g/mol. The molecular weight excluding hydrogens is 328 g/mol. The van der Waals surface area contributed by atoms with E-state index in [0.717, 1.165) is 42.1 Å². The lowest BCUT2D eigenvalue weighted by Gasteiger charge is -2.46. The van der Waals surface area contributed by atoms with E-state index in [2.05, 4.69) is 27.4 Å². The van der Waals surface area contributed by atoms with Crippen molar-refractivity contribution in [2.45, 2.75) is 105 Å². The molecule has 3 fully saturated rings. The SMILES string of the molecule is C=CCOC1CCC(C2CCC(C3CCC(C)CC3)CC2)C(C)C1C.CC. The van der Waals surface area contributed by atoms with Crippen molar-refractivity contribution in [3.05, 3.63) is 12.7 Å². The molecule has 1 heteroatoms. The molecule has 0 radical (unpaired) electrons. The summed E-state index contributed by atoms with van der Waals surface area (Å²) < 4.78 is 6.04. The molecule has 0 aromatic carbocycles. The van der Waals surface area contributed by atoms with E-state index in [1.165, 1.54) is 64.2 Å². The highest BCUT2D eigenvalue weighted by Crippen LogP contribution is 2.48. The lowest BCUT2D eigenvalue weighted by atomic mass is 9.61. The summed E-state index contributed by atoms with van der Waals surface area (Å²) in [6.07, 6.45) is 17.1. The average molecular weight is 377 g/mol.